The number of rotatable bonds is 5. The van der Waals surface area contributed by atoms with E-state index in [0.717, 1.165) is 22.6 Å². The number of nitrogens with zero attached hydrogens (tertiary/aromatic N) is 2. The molecule has 0 amide bonds. The minimum Gasteiger partial charge on any atom is -0.497 e. The van der Waals surface area contributed by atoms with Gasteiger partial charge in [0.25, 0.3) is 0 Å². The summed E-state index contributed by atoms with van der Waals surface area (Å²) in [5, 5.41) is -0.237. The van der Waals surface area contributed by atoms with E-state index in [0.29, 0.717) is 11.4 Å². The summed E-state index contributed by atoms with van der Waals surface area (Å²) in [6.07, 6.45) is 3.89. The molecule has 24 heavy (non-hydrogen) atoms. The Balaban J connectivity index is 2.15. The molecule has 0 saturated carbocycles. The molecule has 4 nitrogen and oxygen atoms in total. The van der Waals surface area contributed by atoms with Gasteiger partial charge >= 0.3 is 0 Å². The number of aryl methyl sites for hydroxylation is 1. The van der Waals surface area contributed by atoms with Crippen LogP contribution in [0.3, 0.4) is 0 Å². The van der Waals surface area contributed by atoms with Crippen LogP contribution in [0, 0.1) is 6.92 Å². The first-order valence-electron chi connectivity index (χ1n) is 7.61. The monoisotopic (exact) mass is 362 g/mol. The van der Waals surface area contributed by atoms with Gasteiger partial charge in [0.1, 0.15) is 10.7 Å². The van der Waals surface area contributed by atoms with E-state index < -0.39 is 9.73 Å². The molecule has 2 rings (SSSR count). The van der Waals surface area contributed by atoms with Gasteiger partial charge in [-0.3, -0.25) is 4.98 Å². The number of benzene rings is 1. The second-order valence-electron chi connectivity index (χ2n) is 5.75. The van der Waals surface area contributed by atoms with Crippen LogP contribution in [0.1, 0.15) is 29.0 Å². The molecule has 0 N–H and O–H groups in total. The summed E-state index contributed by atoms with van der Waals surface area (Å²) in [5.74, 6) is 0.793. The molecule has 0 fully saturated rings. The van der Waals surface area contributed by atoms with Crippen molar-refractivity contribution in [2.75, 3.05) is 13.4 Å². The molecular weight excluding hydrogens is 340 g/mol. The fourth-order valence-electron chi connectivity index (χ4n) is 2.20. The van der Waals surface area contributed by atoms with Crippen LogP contribution >= 0.6 is 12.2 Å². The molecule has 0 aliphatic heterocycles. The molecule has 0 saturated heterocycles. The summed E-state index contributed by atoms with van der Waals surface area (Å²) < 4.78 is 22.5. The van der Waals surface area contributed by atoms with Crippen molar-refractivity contribution < 1.29 is 8.95 Å². The maximum atomic E-state index is 13.0. The third-order valence-electron chi connectivity index (χ3n) is 3.86. The van der Waals surface area contributed by atoms with Gasteiger partial charge in [-0.1, -0.05) is 30.4 Å². The van der Waals surface area contributed by atoms with Crippen molar-refractivity contribution in [1.29, 1.82) is 0 Å². The molecule has 0 radical (unpaired) electrons. The van der Waals surface area contributed by atoms with Crippen molar-refractivity contribution in [2.24, 2.45) is 4.36 Å². The van der Waals surface area contributed by atoms with Crippen molar-refractivity contribution in [3.05, 3.63) is 59.4 Å². The van der Waals surface area contributed by atoms with Crippen molar-refractivity contribution in [1.82, 2.24) is 4.98 Å². The highest BCUT2D eigenvalue weighted by molar-refractivity contribution is 7.94. The zero-order valence-electron chi connectivity index (χ0n) is 14.4. The lowest BCUT2D eigenvalue weighted by Gasteiger charge is -2.14. The van der Waals surface area contributed by atoms with Gasteiger partial charge in [0.05, 0.1) is 22.1 Å². The lowest BCUT2D eigenvalue weighted by molar-refractivity contribution is 0.414. The van der Waals surface area contributed by atoms with Crippen LogP contribution in [-0.2, 0) is 16.1 Å². The van der Waals surface area contributed by atoms with Crippen molar-refractivity contribution in [3.8, 4) is 5.75 Å². The summed E-state index contributed by atoms with van der Waals surface area (Å²) in [4.78, 5) is 4.71. The van der Waals surface area contributed by atoms with E-state index in [4.69, 9.17) is 17.0 Å². The van der Waals surface area contributed by atoms with E-state index in [1.165, 1.54) is 0 Å². The number of thiocarbonyl (C=S) groups is 1. The topological polar surface area (TPSA) is 51.5 Å². The SMILES string of the molecule is COc1ccc(CC(=S)N=S(C)(=O)C(C)c2ccc(C)nc2)cc1. The maximum Gasteiger partial charge on any atom is 0.118 e. The minimum absolute atomic E-state index is 0.237. The Hall–Kier alpha value is -1.79. The largest absolute Gasteiger partial charge is 0.497 e. The number of ether oxygens (including phenoxy) is 1. The fraction of sp³-hybridized carbons (Fsp3) is 0.333. The molecular formula is C18H22N2O2S2. The molecule has 0 aliphatic rings. The van der Waals surface area contributed by atoms with Gasteiger partial charge in [0, 0.05) is 24.6 Å². The van der Waals surface area contributed by atoms with Gasteiger partial charge in [-0.25, -0.2) is 4.21 Å². The average molecular weight is 363 g/mol. The van der Waals surface area contributed by atoms with Crippen LogP contribution in [0.2, 0.25) is 0 Å². The van der Waals surface area contributed by atoms with Gasteiger partial charge in [0.2, 0.25) is 0 Å². The van der Waals surface area contributed by atoms with E-state index in [1.54, 1.807) is 19.6 Å². The second-order valence-corrected chi connectivity index (χ2v) is 8.83. The van der Waals surface area contributed by atoms with E-state index in [2.05, 4.69) is 9.35 Å². The van der Waals surface area contributed by atoms with E-state index in [9.17, 15) is 4.21 Å². The van der Waals surface area contributed by atoms with Gasteiger partial charge in [-0.15, -0.1) is 0 Å². The molecule has 2 unspecified atom stereocenters. The number of hydrogen-bond donors (Lipinski definition) is 0. The van der Waals surface area contributed by atoms with E-state index in [1.807, 2.05) is 50.2 Å². The first kappa shape index (κ1) is 18.5. The van der Waals surface area contributed by atoms with Crippen LogP contribution in [0.5, 0.6) is 5.75 Å². The highest BCUT2D eigenvalue weighted by atomic mass is 32.2. The smallest absolute Gasteiger partial charge is 0.118 e. The third-order valence-corrected chi connectivity index (χ3v) is 6.38. The Bertz CT molecular complexity index is 821. The van der Waals surface area contributed by atoms with Gasteiger partial charge in [-0.2, -0.15) is 4.36 Å². The Morgan fingerprint density at radius 3 is 2.50 bits per heavy atom. The van der Waals surface area contributed by atoms with Crippen molar-refractivity contribution in [2.45, 2.75) is 25.5 Å². The lowest BCUT2D eigenvalue weighted by Crippen LogP contribution is -2.11. The fourth-order valence-corrected chi connectivity index (χ4v) is 4.09. The molecule has 1 aromatic carbocycles. The average Bonchev–Trinajstić information content (AvgIpc) is 2.55. The molecule has 0 spiro atoms. The summed E-state index contributed by atoms with van der Waals surface area (Å²) >= 11 is 5.34. The summed E-state index contributed by atoms with van der Waals surface area (Å²) in [6.45, 7) is 3.82. The maximum absolute atomic E-state index is 13.0. The Morgan fingerprint density at radius 1 is 1.29 bits per heavy atom. The third kappa shape index (κ3) is 4.85. The predicted octanol–water partition coefficient (Wildman–Crippen LogP) is 4.13. The van der Waals surface area contributed by atoms with Crippen LogP contribution in [0.25, 0.3) is 0 Å². The number of hydrogen-bond acceptors (Lipinski definition) is 4. The number of methoxy groups -OCH3 is 1. The lowest BCUT2D eigenvalue weighted by atomic mass is 10.1. The molecule has 128 valence electrons. The van der Waals surface area contributed by atoms with E-state index in [-0.39, 0.29) is 5.25 Å². The van der Waals surface area contributed by atoms with Crippen LogP contribution in [-0.4, -0.2) is 27.5 Å². The normalized spacial score (nSPS) is 14.5. The number of pyridine rings is 1. The predicted molar refractivity (Wildman–Crippen MR) is 103 cm³/mol. The first-order valence-corrected chi connectivity index (χ1v) is 10.0. The highest BCUT2D eigenvalue weighted by Crippen LogP contribution is 2.23. The molecule has 2 atom stereocenters. The molecule has 1 aromatic heterocycles. The standard InChI is InChI=1S/C18H22N2O2S2/c1-13-5-8-16(12-19-13)14(2)24(4,21)20-18(23)11-15-6-9-17(22-3)10-7-15/h5-10,12,14H,11H2,1-4H3. The van der Waals surface area contributed by atoms with Crippen LogP contribution in [0.4, 0.5) is 0 Å². The summed E-state index contributed by atoms with van der Waals surface area (Å²) in [5.41, 5.74) is 2.86. The molecule has 0 bridgehead atoms. The van der Waals surface area contributed by atoms with Gasteiger partial charge in [0.15, 0.2) is 0 Å². The molecule has 1 heterocycles. The van der Waals surface area contributed by atoms with Crippen LogP contribution in [0.15, 0.2) is 47.0 Å². The van der Waals surface area contributed by atoms with Crippen LogP contribution < -0.4 is 4.74 Å². The van der Waals surface area contributed by atoms with Gasteiger partial charge in [-0.05, 0) is 43.2 Å². The highest BCUT2D eigenvalue weighted by Gasteiger charge is 2.17. The summed E-state index contributed by atoms with van der Waals surface area (Å²) in [7, 11) is -0.862. The van der Waals surface area contributed by atoms with Gasteiger partial charge < -0.3 is 4.74 Å². The van der Waals surface area contributed by atoms with Crippen molar-refractivity contribution in [3.63, 3.8) is 0 Å². The minimum atomic E-state index is -2.49. The summed E-state index contributed by atoms with van der Waals surface area (Å²) in [6, 6.07) is 11.5. The zero-order chi connectivity index (χ0) is 17.7. The zero-order valence-corrected chi connectivity index (χ0v) is 16.0. The second kappa shape index (κ2) is 7.85. The van der Waals surface area contributed by atoms with E-state index >= 15 is 0 Å². The quantitative estimate of drug-likeness (QED) is 0.751. The first-order chi connectivity index (χ1) is 11.3. The molecule has 2 aromatic rings. The molecule has 0 aliphatic carbocycles. The van der Waals surface area contributed by atoms with Crippen molar-refractivity contribution >= 4 is 26.9 Å². The Kier molecular flexibility index (Phi) is 6.07. The Labute approximate surface area is 149 Å². The molecule has 6 heteroatoms. The Morgan fingerprint density at radius 2 is 1.96 bits per heavy atom. The number of aromatic nitrogens is 1.